The minimum atomic E-state index is -1.60. The van der Waals surface area contributed by atoms with Crippen molar-refractivity contribution in [3.8, 4) is 23.0 Å². The highest BCUT2D eigenvalue weighted by molar-refractivity contribution is 5.63. The Balaban J connectivity index is 2.15. The van der Waals surface area contributed by atoms with Gasteiger partial charge in [0.05, 0.1) is 28.4 Å². The van der Waals surface area contributed by atoms with Crippen molar-refractivity contribution in [2.24, 2.45) is 0 Å². The Morgan fingerprint density at radius 2 is 1.63 bits per heavy atom. The van der Waals surface area contributed by atoms with Crippen LogP contribution in [0.25, 0.3) is 0 Å². The molecule has 1 atom stereocenters. The Hall–Kier alpha value is -2.48. The number of benzene rings is 2. The summed E-state index contributed by atoms with van der Waals surface area (Å²) < 4.78 is 21.8. The zero-order valence-electron chi connectivity index (χ0n) is 16.0. The van der Waals surface area contributed by atoms with Gasteiger partial charge >= 0.3 is 0 Å². The van der Waals surface area contributed by atoms with E-state index in [0.29, 0.717) is 47.1 Å². The van der Waals surface area contributed by atoms with Crippen LogP contribution in [0.1, 0.15) is 16.7 Å². The van der Waals surface area contributed by atoms with E-state index in [4.69, 9.17) is 18.9 Å². The highest BCUT2D eigenvalue weighted by Crippen LogP contribution is 2.48. The third kappa shape index (κ3) is 3.18. The molecule has 0 radical (unpaired) electrons. The van der Waals surface area contributed by atoms with E-state index in [2.05, 4.69) is 0 Å². The quantitative estimate of drug-likeness (QED) is 0.802. The Morgan fingerprint density at radius 3 is 2.26 bits per heavy atom. The highest BCUT2D eigenvalue weighted by atomic mass is 16.6. The topological polar surface area (TPSA) is 80.6 Å². The van der Waals surface area contributed by atoms with E-state index in [1.54, 1.807) is 6.07 Å². The normalized spacial score (nSPS) is 19.3. The molecule has 2 N–H and O–H groups in total. The lowest BCUT2D eigenvalue weighted by Gasteiger charge is -2.41. The number of hydroxylamine groups is 2. The first kappa shape index (κ1) is 19.3. The number of ether oxygens (including phenoxy) is 4. The molecule has 0 aliphatic carbocycles. The predicted molar refractivity (Wildman–Crippen MR) is 98.9 cm³/mol. The van der Waals surface area contributed by atoms with E-state index in [-0.39, 0.29) is 6.42 Å². The average molecular weight is 375 g/mol. The Bertz CT molecular complexity index is 824. The largest absolute Gasteiger partial charge is 0.493 e. The molecule has 0 spiro atoms. The molecule has 7 heteroatoms. The van der Waals surface area contributed by atoms with Crippen LogP contribution in [-0.4, -0.2) is 50.4 Å². The van der Waals surface area contributed by atoms with E-state index < -0.39 is 5.72 Å². The third-order valence-electron chi connectivity index (χ3n) is 4.97. The van der Waals surface area contributed by atoms with Crippen LogP contribution in [0.15, 0.2) is 30.3 Å². The minimum Gasteiger partial charge on any atom is -0.493 e. The van der Waals surface area contributed by atoms with Crippen LogP contribution in [0.4, 0.5) is 0 Å². The summed E-state index contributed by atoms with van der Waals surface area (Å²) in [5, 5.41) is 22.9. The molecule has 146 valence electrons. The first-order chi connectivity index (χ1) is 13.0. The summed E-state index contributed by atoms with van der Waals surface area (Å²) >= 11 is 0. The van der Waals surface area contributed by atoms with Crippen LogP contribution in [0.2, 0.25) is 0 Å². The third-order valence-corrected chi connectivity index (χ3v) is 4.97. The summed E-state index contributed by atoms with van der Waals surface area (Å²) in [5.41, 5.74) is 0.670. The SMILES string of the molecule is COc1cc(CC2(O)c3ccccc3CCN2O)c(OC)c(OC)c1OC. The molecule has 3 rings (SSSR count). The first-order valence-corrected chi connectivity index (χ1v) is 8.63. The van der Waals surface area contributed by atoms with Crippen molar-refractivity contribution >= 4 is 0 Å². The van der Waals surface area contributed by atoms with Gasteiger partial charge in [0.1, 0.15) is 0 Å². The average Bonchev–Trinajstić information content (AvgIpc) is 2.70. The minimum absolute atomic E-state index is 0.0698. The predicted octanol–water partition coefficient (Wildman–Crippen LogP) is 2.36. The van der Waals surface area contributed by atoms with Gasteiger partial charge in [-0.1, -0.05) is 24.3 Å². The molecule has 0 saturated heterocycles. The fourth-order valence-electron chi connectivity index (χ4n) is 3.67. The summed E-state index contributed by atoms with van der Waals surface area (Å²) in [6.07, 6.45) is 0.724. The number of hydrogen-bond acceptors (Lipinski definition) is 7. The van der Waals surface area contributed by atoms with Gasteiger partial charge in [-0.15, -0.1) is 0 Å². The number of fused-ring (bicyclic) bond motifs is 1. The van der Waals surface area contributed by atoms with Gasteiger partial charge in [-0.3, -0.25) is 0 Å². The number of rotatable bonds is 6. The fraction of sp³-hybridized carbons (Fsp3) is 0.400. The summed E-state index contributed by atoms with van der Waals surface area (Å²) in [7, 11) is 6.06. The molecule has 2 aromatic carbocycles. The Labute approximate surface area is 158 Å². The zero-order valence-corrected chi connectivity index (χ0v) is 16.0. The van der Waals surface area contributed by atoms with Gasteiger partial charge in [0.25, 0.3) is 0 Å². The second-order valence-corrected chi connectivity index (χ2v) is 6.36. The maximum atomic E-state index is 11.4. The second-order valence-electron chi connectivity index (χ2n) is 6.36. The number of aliphatic hydroxyl groups is 1. The van der Waals surface area contributed by atoms with Crippen molar-refractivity contribution in [2.75, 3.05) is 35.0 Å². The van der Waals surface area contributed by atoms with Crippen LogP contribution >= 0.6 is 0 Å². The maximum Gasteiger partial charge on any atom is 0.207 e. The van der Waals surface area contributed by atoms with Gasteiger partial charge in [-0.2, -0.15) is 5.06 Å². The standard InChI is InChI=1S/C20H25NO6/c1-24-16-11-14(17(25-2)19(27-4)18(16)26-3)12-20(22)15-8-6-5-7-13(15)9-10-21(20)23/h5-8,11,22-23H,9-10,12H2,1-4H3. The molecule has 1 aliphatic heterocycles. The maximum absolute atomic E-state index is 11.4. The van der Waals surface area contributed by atoms with Gasteiger partial charge in [0.15, 0.2) is 17.2 Å². The molecule has 0 amide bonds. The van der Waals surface area contributed by atoms with Crippen molar-refractivity contribution in [1.82, 2.24) is 5.06 Å². The monoisotopic (exact) mass is 375 g/mol. The van der Waals surface area contributed by atoms with Gasteiger partial charge < -0.3 is 29.3 Å². The van der Waals surface area contributed by atoms with E-state index >= 15 is 0 Å². The van der Waals surface area contributed by atoms with Gasteiger partial charge in [0.2, 0.25) is 11.5 Å². The first-order valence-electron chi connectivity index (χ1n) is 8.63. The number of methoxy groups -OCH3 is 4. The molecule has 1 aliphatic rings. The molecule has 0 fully saturated rings. The van der Waals surface area contributed by atoms with E-state index in [1.807, 2.05) is 24.3 Å². The van der Waals surface area contributed by atoms with Crippen molar-refractivity contribution < 1.29 is 29.3 Å². The molecule has 1 heterocycles. The molecular formula is C20H25NO6. The molecular weight excluding hydrogens is 350 g/mol. The zero-order chi connectivity index (χ0) is 19.6. The van der Waals surface area contributed by atoms with Gasteiger partial charge in [-0.25, -0.2) is 0 Å². The number of nitrogens with zero attached hydrogens (tertiary/aromatic N) is 1. The Morgan fingerprint density at radius 1 is 0.963 bits per heavy atom. The van der Waals surface area contributed by atoms with Crippen molar-refractivity contribution in [3.05, 3.63) is 47.0 Å². The molecule has 0 bridgehead atoms. The van der Waals surface area contributed by atoms with Gasteiger partial charge in [0, 0.05) is 24.1 Å². The summed E-state index contributed by atoms with van der Waals surface area (Å²) in [6, 6.07) is 9.27. The number of hydrogen-bond donors (Lipinski definition) is 2. The molecule has 0 aromatic heterocycles. The smallest absolute Gasteiger partial charge is 0.207 e. The van der Waals surface area contributed by atoms with Crippen LogP contribution < -0.4 is 18.9 Å². The van der Waals surface area contributed by atoms with Crippen LogP contribution in [-0.2, 0) is 18.6 Å². The van der Waals surface area contributed by atoms with E-state index in [0.717, 1.165) is 10.6 Å². The van der Waals surface area contributed by atoms with Crippen molar-refractivity contribution in [2.45, 2.75) is 18.6 Å². The molecule has 7 nitrogen and oxygen atoms in total. The Kier molecular flexibility index (Phi) is 5.46. The van der Waals surface area contributed by atoms with Crippen LogP contribution in [0, 0.1) is 0 Å². The summed E-state index contributed by atoms with van der Waals surface area (Å²) in [5.74, 6) is 1.63. The highest BCUT2D eigenvalue weighted by Gasteiger charge is 2.42. The lowest BCUT2D eigenvalue weighted by molar-refractivity contribution is -0.274. The van der Waals surface area contributed by atoms with Gasteiger partial charge in [-0.05, 0) is 18.1 Å². The second kappa shape index (κ2) is 7.64. The van der Waals surface area contributed by atoms with E-state index in [1.165, 1.54) is 28.4 Å². The molecule has 27 heavy (non-hydrogen) atoms. The summed E-state index contributed by atoms with van der Waals surface area (Å²) in [4.78, 5) is 0. The van der Waals surface area contributed by atoms with Crippen LogP contribution in [0.5, 0.6) is 23.0 Å². The lowest BCUT2D eigenvalue weighted by atomic mass is 9.86. The van der Waals surface area contributed by atoms with Crippen LogP contribution in [0.3, 0.4) is 0 Å². The summed E-state index contributed by atoms with van der Waals surface area (Å²) in [6.45, 7) is 0.320. The molecule has 1 unspecified atom stereocenters. The lowest BCUT2D eigenvalue weighted by Crippen LogP contribution is -2.50. The van der Waals surface area contributed by atoms with Crippen molar-refractivity contribution in [1.29, 1.82) is 0 Å². The molecule has 2 aromatic rings. The fourth-order valence-corrected chi connectivity index (χ4v) is 3.67. The molecule has 0 saturated carbocycles. The van der Waals surface area contributed by atoms with Crippen molar-refractivity contribution in [3.63, 3.8) is 0 Å². The van der Waals surface area contributed by atoms with E-state index in [9.17, 15) is 10.3 Å².